The van der Waals surface area contributed by atoms with E-state index in [2.05, 4.69) is 24.3 Å². The van der Waals surface area contributed by atoms with Crippen LogP contribution in [0, 0.1) is 0 Å². The molecule has 0 saturated heterocycles. The Labute approximate surface area is 196 Å². The fraction of sp³-hybridized carbons (Fsp3) is 0.233. The number of carbonyl (C=O) groups is 1. The molecule has 0 heterocycles. The summed E-state index contributed by atoms with van der Waals surface area (Å²) in [4.78, 5) is 13.5. The van der Waals surface area contributed by atoms with Gasteiger partial charge in [0.25, 0.3) is 0 Å². The zero-order valence-corrected chi connectivity index (χ0v) is 19.3. The Hall–Kier alpha value is -3.59. The Bertz CT molecular complexity index is 1050. The zero-order chi connectivity index (χ0) is 23.0. The lowest BCUT2D eigenvalue weighted by Gasteiger charge is -2.26. The van der Waals surface area contributed by atoms with Gasteiger partial charge in [-0.2, -0.15) is 0 Å². The maximum absolute atomic E-state index is 13.5. The van der Waals surface area contributed by atoms with E-state index < -0.39 is 0 Å². The average molecular weight is 439 g/mol. The largest absolute Gasteiger partial charge is 0.494 e. The van der Waals surface area contributed by atoms with Crippen LogP contribution < -0.4 is 9.47 Å². The lowest BCUT2D eigenvalue weighted by Crippen LogP contribution is -2.19. The van der Waals surface area contributed by atoms with Crippen molar-refractivity contribution in [3.8, 4) is 11.5 Å². The van der Waals surface area contributed by atoms with Crippen molar-refractivity contribution in [2.75, 3.05) is 13.2 Å². The third kappa shape index (κ3) is 5.81. The van der Waals surface area contributed by atoms with Gasteiger partial charge in [0.05, 0.1) is 13.2 Å². The monoisotopic (exact) mass is 438 g/mol. The van der Waals surface area contributed by atoms with Crippen LogP contribution in [0.1, 0.15) is 49.3 Å². The van der Waals surface area contributed by atoms with Gasteiger partial charge < -0.3 is 9.47 Å². The molecule has 33 heavy (non-hydrogen) atoms. The van der Waals surface area contributed by atoms with Gasteiger partial charge in [0, 0.05) is 11.1 Å². The molecular weight excluding hydrogens is 408 g/mol. The molecule has 3 heteroatoms. The second-order valence-corrected chi connectivity index (χ2v) is 8.19. The van der Waals surface area contributed by atoms with Crippen molar-refractivity contribution in [3.05, 3.63) is 107 Å². The summed E-state index contributed by atoms with van der Waals surface area (Å²) in [5.74, 6) is 2.08. The molecule has 0 spiro atoms. The third-order valence-electron chi connectivity index (χ3n) is 5.85. The van der Waals surface area contributed by atoms with E-state index in [9.17, 15) is 4.79 Å². The van der Waals surface area contributed by atoms with E-state index in [0.717, 1.165) is 46.6 Å². The molecule has 0 unspecified atom stereocenters. The number of ether oxygens (including phenoxy) is 2. The second kappa shape index (κ2) is 10.8. The molecule has 0 aromatic heterocycles. The van der Waals surface area contributed by atoms with Crippen LogP contribution in [0.4, 0.5) is 0 Å². The number of rotatable bonds is 7. The molecule has 3 aromatic carbocycles. The number of hydrogen-bond acceptors (Lipinski definition) is 3. The Kier molecular flexibility index (Phi) is 7.41. The highest BCUT2D eigenvalue weighted by atomic mass is 16.5. The number of hydrogen-bond donors (Lipinski definition) is 0. The predicted octanol–water partition coefficient (Wildman–Crippen LogP) is 7.10. The van der Waals surface area contributed by atoms with Gasteiger partial charge in [-0.15, -0.1) is 0 Å². The molecule has 0 bridgehead atoms. The molecule has 0 radical (unpaired) electrons. The Balaban J connectivity index is 1.66. The molecule has 168 valence electrons. The fourth-order valence-electron chi connectivity index (χ4n) is 4.26. The van der Waals surface area contributed by atoms with Gasteiger partial charge in [0.1, 0.15) is 11.5 Å². The van der Waals surface area contributed by atoms with Gasteiger partial charge in [-0.3, -0.25) is 4.79 Å². The topological polar surface area (TPSA) is 35.5 Å². The Morgan fingerprint density at radius 1 is 0.697 bits per heavy atom. The highest BCUT2D eigenvalue weighted by molar-refractivity contribution is 6.14. The highest BCUT2D eigenvalue weighted by Gasteiger charge is 2.28. The summed E-state index contributed by atoms with van der Waals surface area (Å²) in [5.41, 5.74) is 4.97. The SMILES string of the molecule is CCOc1ccc(/C=C2\CC(c3ccccc3)C/C(=C\c3ccc(OCC)cc3)C2=O)cc1. The van der Waals surface area contributed by atoms with E-state index in [0.29, 0.717) is 13.2 Å². The summed E-state index contributed by atoms with van der Waals surface area (Å²) in [5, 5.41) is 0. The fourth-order valence-corrected chi connectivity index (χ4v) is 4.26. The first-order valence-corrected chi connectivity index (χ1v) is 11.6. The molecule has 1 aliphatic carbocycles. The van der Waals surface area contributed by atoms with E-state index >= 15 is 0 Å². The lowest BCUT2D eigenvalue weighted by molar-refractivity contribution is -0.113. The molecule has 4 rings (SSSR count). The minimum absolute atomic E-state index is 0.130. The number of allylic oxidation sites excluding steroid dienone is 2. The summed E-state index contributed by atoms with van der Waals surface area (Å²) >= 11 is 0. The van der Waals surface area contributed by atoms with Crippen molar-refractivity contribution >= 4 is 17.9 Å². The van der Waals surface area contributed by atoms with E-state index in [1.807, 2.05) is 80.6 Å². The molecule has 3 aromatic rings. The molecule has 0 amide bonds. The number of benzene rings is 3. The van der Waals surface area contributed by atoms with Gasteiger partial charge in [0.15, 0.2) is 5.78 Å². The van der Waals surface area contributed by atoms with Gasteiger partial charge >= 0.3 is 0 Å². The average Bonchev–Trinajstić information content (AvgIpc) is 2.85. The van der Waals surface area contributed by atoms with E-state index in [4.69, 9.17) is 9.47 Å². The minimum Gasteiger partial charge on any atom is -0.494 e. The van der Waals surface area contributed by atoms with Crippen LogP contribution in [-0.2, 0) is 4.79 Å². The number of Topliss-reactive ketones (excluding diaryl/α,β-unsaturated/α-hetero) is 1. The van der Waals surface area contributed by atoms with Crippen LogP contribution in [0.2, 0.25) is 0 Å². The van der Waals surface area contributed by atoms with Crippen molar-refractivity contribution in [1.82, 2.24) is 0 Å². The number of ketones is 1. The van der Waals surface area contributed by atoms with Gasteiger partial charge in [-0.1, -0.05) is 54.6 Å². The van der Waals surface area contributed by atoms with Crippen LogP contribution in [0.15, 0.2) is 90.0 Å². The highest BCUT2D eigenvalue weighted by Crippen LogP contribution is 2.38. The summed E-state index contributed by atoms with van der Waals surface area (Å²) in [6, 6.07) is 26.3. The van der Waals surface area contributed by atoms with Crippen LogP contribution in [0.3, 0.4) is 0 Å². The molecule has 0 N–H and O–H groups in total. The summed E-state index contributed by atoms with van der Waals surface area (Å²) in [7, 11) is 0. The van der Waals surface area contributed by atoms with Crippen molar-refractivity contribution < 1.29 is 14.3 Å². The normalized spacial score (nSPS) is 18.5. The molecule has 0 atom stereocenters. The summed E-state index contributed by atoms with van der Waals surface area (Å²) in [6.07, 6.45) is 5.52. The van der Waals surface area contributed by atoms with E-state index in [-0.39, 0.29) is 11.7 Å². The van der Waals surface area contributed by atoms with Crippen LogP contribution >= 0.6 is 0 Å². The van der Waals surface area contributed by atoms with Crippen LogP contribution in [0.25, 0.3) is 12.2 Å². The number of carbonyl (C=O) groups excluding carboxylic acids is 1. The second-order valence-electron chi connectivity index (χ2n) is 8.19. The maximum atomic E-state index is 13.5. The van der Waals surface area contributed by atoms with Gasteiger partial charge in [-0.25, -0.2) is 0 Å². The Morgan fingerprint density at radius 3 is 1.58 bits per heavy atom. The first-order chi connectivity index (χ1) is 16.2. The standard InChI is InChI=1S/C30H30O3/c1-3-32-28-14-10-22(11-15-28)18-26-20-25(24-8-6-5-7-9-24)21-27(30(26)31)19-23-12-16-29(17-13-23)33-4-2/h5-19,25H,3-4,20-21H2,1-2H3/b26-18+,27-19+. The molecular formula is C30H30O3. The van der Waals surface area contributed by atoms with Crippen molar-refractivity contribution in [1.29, 1.82) is 0 Å². The lowest BCUT2D eigenvalue weighted by atomic mass is 9.77. The van der Waals surface area contributed by atoms with E-state index in [1.54, 1.807) is 0 Å². The molecule has 1 fully saturated rings. The van der Waals surface area contributed by atoms with Crippen molar-refractivity contribution in [2.24, 2.45) is 0 Å². The quantitative estimate of drug-likeness (QED) is 0.369. The van der Waals surface area contributed by atoms with Crippen molar-refractivity contribution in [2.45, 2.75) is 32.6 Å². The van der Waals surface area contributed by atoms with E-state index in [1.165, 1.54) is 5.56 Å². The Morgan fingerprint density at radius 2 is 1.15 bits per heavy atom. The molecule has 3 nitrogen and oxygen atoms in total. The zero-order valence-electron chi connectivity index (χ0n) is 19.3. The predicted molar refractivity (Wildman–Crippen MR) is 135 cm³/mol. The first-order valence-electron chi connectivity index (χ1n) is 11.6. The molecule has 1 aliphatic rings. The third-order valence-corrected chi connectivity index (χ3v) is 5.85. The van der Waals surface area contributed by atoms with Gasteiger partial charge in [-0.05, 0) is 85.7 Å². The van der Waals surface area contributed by atoms with Crippen LogP contribution in [0.5, 0.6) is 11.5 Å². The summed E-state index contributed by atoms with van der Waals surface area (Å²) in [6.45, 7) is 5.21. The van der Waals surface area contributed by atoms with Gasteiger partial charge in [0.2, 0.25) is 0 Å². The first kappa shape index (κ1) is 22.6. The minimum atomic E-state index is 0.130. The smallest absolute Gasteiger partial charge is 0.185 e. The molecule has 1 saturated carbocycles. The maximum Gasteiger partial charge on any atom is 0.185 e. The molecule has 0 aliphatic heterocycles. The van der Waals surface area contributed by atoms with Crippen LogP contribution in [-0.4, -0.2) is 19.0 Å². The van der Waals surface area contributed by atoms with Crippen molar-refractivity contribution in [3.63, 3.8) is 0 Å². The summed E-state index contributed by atoms with van der Waals surface area (Å²) < 4.78 is 11.1.